The van der Waals surface area contributed by atoms with Gasteiger partial charge in [-0.2, -0.15) is 0 Å². The van der Waals surface area contributed by atoms with Crippen LogP contribution in [0.5, 0.6) is 0 Å². The summed E-state index contributed by atoms with van der Waals surface area (Å²) in [5.74, 6) is -2.67. The predicted molar refractivity (Wildman–Crippen MR) is 98.3 cm³/mol. The molecule has 0 fully saturated rings. The SMILES string of the molecule is CN1C(=O)c2ccc(C(=O)Nc3nc(-c4cc(F)ccc4F)cs3)cc2C1=O. The minimum absolute atomic E-state index is 0.0126. The van der Waals surface area contributed by atoms with Gasteiger partial charge < -0.3 is 0 Å². The fraction of sp³-hybridized carbons (Fsp3) is 0.0526. The molecule has 0 aliphatic carbocycles. The molecule has 4 rings (SSSR count). The lowest BCUT2D eigenvalue weighted by atomic mass is 10.1. The highest BCUT2D eigenvalue weighted by molar-refractivity contribution is 7.14. The standard InChI is InChI=1S/C19H11F2N3O3S/c1-24-17(26)11-4-2-9(6-12(11)18(24)27)16(25)23-19-22-15(8-28-19)13-7-10(20)3-5-14(13)21/h2-8H,1H3,(H,22,23,25). The molecule has 1 aromatic heterocycles. The first kappa shape index (κ1) is 17.9. The van der Waals surface area contributed by atoms with E-state index in [1.54, 1.807) is 0 Å². The molecule has 0 saturated carbocycles. The molecule has 9 heteroatoms. The number of hydrogen-bond acceptors (Lipinski definition) is 5. The summed E-state index contributed by atoms with van der Waals surface area (Å²) in [6.07, 6.45) is 0. The molecule has 1 N–H and O–H groups in total. The molecule has 0 atom stereocenters. The molecular formula is C19H11F2N3O3S. The molecule has 28 heavy (non-hydrogen) atoms. The maximum absolute atomic E-state index is 13.9. The number of nitrogens with one attached hydrogen (secondary N) is 1. The molecule has 0 bridgehead atoms. The van der Waals surface area contributed by atoms with Crippen LogP contribution in [0.1, 0.15) is 31.1 Å². The van der Waals surface area contributed by atoms with E-state index < -0.39 is 29.4 Å². The summed E-state index contributed by atoms with van der Waals surface area (Å²) in [5, 5.41) is 4.23. The fourth-order valence-corrected chi connectivity index (χ4v) is 3.53. The number of nitrogens with zero attached hydrogens (tertiary/aromatic N) is 2. The summed E-state index contributed by atoms with van der Waals surface area (Å²) < 4.78 is 27.2. The van der Waals surface area contributed by atoms with E-state index in [4.69, 9.17) is 0 Å². The zero-order valence-electron chi connectivity index (χ0n) is 14.3. The van der Waals surface area contributed by atoms with Crippen molar-refractivity contribution in [2.24, 2.45) is 0 Å². The molecule has 1 aliphatic rings. The number of hydrogen-bond donors (Lipinski definition) is 1. The van der Waals surface area contributed by atoms with Crippen LogP contribution in [-0.2, 0) is 0 Å². The summed E-state index contributed by atoms with van der Waals surface area (Å²) in [4.78, 5) is 41.5. The van der Waals surface area contributed by atoms with Crippen LogP contribution in [0.25, 0.3) is 11.3 Å². The summed E-state index contributed by atoms with van der Waals surface area (Å²) in [6, 6.07) is 7.22. The lowest BCUT2D eigenvalue weighted by Crippen LogP contribution is -2.24. The number of rotatable bonds is 3. The van der Waals surface area contributed by atoms with Crippen molar-refractivity contribution < 1.29 is 23.2 Å². The molecule has 2 heterocycles. The van der Waals surface area contributed by atoms with E-state index in [9.17, 15) is 23.2 Å². The summed E-state index contributed by atoms with van der Waals surface area (Å²) in [5.41, 5.74) is 0.739. The third kappa shape index (κ3) is 2.95. The molecule has 0 spiro atoms. The van der Waals surface area contributed by atoms with Gasteiger partial charge in [0.1, 0.15) is 11.6 Å². The summed E-state index contributed by atoms with van der Waals surface area (Å²) in [7, 11) is 1.37. The highest BCUT2D eigenvalue weighted by Gasteiger charge is 2.33. The summed E-state index contributed by atoms with van der Waals surface area (Å²) in [6.45, 7) is 0. The topological polar surface area (TPSA) is 79.4 Å². The number of thiazole rings is 1. The lowest BCUT2D eigenvalue weighted by Gasteiger charge is -2.03. The van der Waals surface area contributed by atoms with Crippen molar-refractivity contribution in [1.82, 2.24) is 9.88 Å². The van der Waals surface area contributed by atoms with Crippen molar-refractivity contribution in [2.45, 2.75) is 0 Å². The van der Waals surface area contributed by atoms with Crippen molar-refractivity contribution in [1.29, 1.82) is 0 Å². The molecule has 3 amide bonds. The second-order valence-electron chi connectivity index (χ2n) is 6.05. The van der Waals surface area contributed by atoms with E-state index >= 15 is 0 Å². The molecule has 0 saturated heterocycles. The number of amides is 3. The normalized spacial score (nSPS) is 13.0. The van der Waals surface area contributed by atoms with Gasteiger partial charge >= 0.3 is 0 Å². The van der Waals surface area contributed by atoms with Crippen molar-refractivity contribution >= 4 is 34.2 Å². The van der Waals surface area contributed by atoms with E-state index in [2.05, 4.69) is 10.3 Å². The Morgan fingerprint density at radius 2 is 1.79 bits per heavy atom. The number of anilines is 1. The van der Waals surface area contributed by atoms with Crippen LogP contribution >= 0.6 is 11.3 Å². The molecule has 0 radical (unpaired) electrons. The van der Waals surface area contributed by atoms with Gasteiger partial charge in [-0.25, -0.2) is 13.8 Å². The fourth-order valence-electron chi connectivity index (χ4n) is 2.82. The van der Waals surface area contributed by atoms with Crippen LogP contribution in [0.3, 0.4) is 0 Å². The van der Waals surface area contributed by atoms with E-state index in [0.717, 1.165) is 34.4 Å². The van der Waals surface area contributed by atoms with Gasteiger partial charge in [0.05, 0.1) is 16.8 Å². The third-order valence-corrected chi connectivity index (χ3v) is 5.04. The second kappa shape index (κ2) is 6.61. The molecule has 0 unspecified atom stereocenters. The van der Waals surface area contributed by atoms with Gasteiger partial charge in [0.25, 0.3) is 17.7 Å². The van der Waals surface area contributed by atoms with Crippen LogP contribution in [0, 0.1) is 11.6 Å². The quantitative estimate of drug-likeness (QED) is 0.683. The Morgan fingerprint density at radius 1 is 1.04 bits per heavy atom. The average Bonchev–Trinajstić information content (AvgIpc) is 3.23. The summed E-state index contributed by atoms with van der Waals surface area (Å²) >= 11 is 1.05. The minimum Gasteiger partial charge on any atom is -0.298 e. The Hall–Kier alpha value is -3.46. The molecule has 140 valence electrons. The molecular weight excluding hydrogens is 388 g/mol. The van der Waals surface area contributed by atoms with Crippen LogP contribution in [0.2, 0.25) is 0 Å². The van der Waals surface area contributed by atoms with Crippen LogP contribution in [0.15, 0.2) is 41.8 Å². The Balaban J connectivity index is 1.57. The number of fused-ring (bicyclic) bond motifs is 1. The smallest absolute Gasteiger partial charge is 0.261 e. The minimum atomic E-state index is -0.629. The lowest BCUT2D eigenvalue weighted by molar-refractivity contribution is 0.0693. The highest BCUT2D eigenvalue weighted by Crippen LogP contribution is 2.28. The van der Waals surface area contributed by atoms with Gasteiger partial charge in [0.15, 0.2) is 5.13 Å². The first-order valence-corrected chi connectivity index (χ1v) is 8.92. The van der Waals surface area contributed by atoms with E-state index in [1.807, 2.05) is 0 Å². The van der Waals surface area contributed by atoms with E-state index in [0.29, 0.717) is 0 Å². The van der Waals surface area contributed by atoms with Gasteiger partial charge in [0, 0.05) is 23.6 Å². The number of carbonyl (C=O) groups excluding carboxylic acids is 3. The number of halogens is 2. The predicted octanol–water partition coefficient (Wildman–Crippen LogP) is 3.57. The Bertz CT molecular complexity index is 1160. The van der Waals surface area contributed by atoms with E-state index in [-0.39, 0.29) is 33.1 Å². The molecule has 3 aromatic rings. The maximum Gasteiger partial charge on any atom is 0.261 e. The highest BCUT2D eigenvalue weighted by atomic mass is 32.1. The Labute approximate surface area is 161 Å². The Morgan fingerprint density at radius 3 is 2.57 bits per heavy atom. The van der Waals surface area contributed by atoms with Gasteiger partial charge in [0.2, 0.25) is 0 Å². The van der Waals surface area contributed by atoms with Crippen molar-refractivity contribution in [3.8, 4) is 11.3 Å². The van der Waals surface area contributed by atoms with Crippen LogP contribution < -0.4 is 5.32 Å². The number of carbonyl (C=O) groups is 3. The van der Waals surface area contributed by atoms with E-state index in [1.165, 1.54) is 30.6 Å². The average molecular weight is 399 g/mol. The van der Waals surface area contributed by atoms with Gasteiger partial charge in [-0.05, 0) is 36.4 Å². The number of benzene rings is 2. The first-order valence-electron chi connectivity index (χ1n) is 8.04. The molecule has 1 aliphatic heterocycles. The molecule has 6 nitrogen and oxygen atoms in total. The van der Waals surface area contributed by atoms with Gasteiger partial charge in [-0.1, -0.05) is 0 Å². The first-order chi connectivity index (χ1) is 13.3. The van der Waals surface area contributed by atoms with Crippen molar-refractivity contribution in [3.63, 3.8) is 0 Å². The zero-order chi connectivity index (χ0) is 20.0. The number of imide groups is 1. The zero-order valence-corrected chi connectivity index (χ0v) is 15.1. The van der Waals surface area contributed by atoms with Gasteiger partial charge in [-0.3, -0.25) is 24.6 Å². The largest absolute Gasteiger partial charge is 0.298 e. The monoisotopic (exact) mass is 399 g/mol. The maximum atomic E-state index is 13.9. The second-order valence-corrected chi connectivity index (χ2v) is 6.90. The third-order valence-electron chi connectivity index (χ3n) is 4.28. The Kier molecular flexibility index (Phi) is 4.23. The molecule has 2 aromatic carbocycles. The van der Waals surface area contributed by atoms with Gasteiger partial charge in [-0.15, -0.1) is 11.3 Å². The van der Waals surface area contributed by atoms with Crippen LogP contribution in [-0.4, -0.2) is 34.7 Å². The van der Waals surface area contributed by atoms with Crippen LogP contribution in [0.4, 0.5) is 13.9 Å². The van der Waals surface area contributed by atoms with Crippen molar-refractivity contribution in [3.05, 3.63) is 70.1 Å². The number of aromatic nitrogens is 1. The van der Waals surface area contributed by atoms with Crippen molar-refractivity contribution in [2.75, 3.05) is 12.4 Å².